The summed E-state index contributed by atoms with van der Waals surface area (Å²) in [6.07, 6.45) is 0. The van der Waals surface area contributed by atoms with Gasteiger partial charge in [-0.3, -0.25) is 0 Å². The van der Waals surface area contributed by atoms with E-state index >= 15 is 0 Å². The van der Waals surface area contributed by atoms with E-state index in [2.05, 4.69) is 6.07 Å². The molecule has 6 aromatic carbocycles. The molecule has 2 N–H and O–H groups in total. The van der Waals surface area contributed by atoms with E-state index in [1.54, 1.807) is 0 Å². The van der Waals surface area contributed by atoms with Crippen LogP contribution in [0, 0.1) is 0 Å². The molecule has 2 nitrogen and oxygen atoms in total. The average Bonchev–Trinajstić information content (AvgIpc) is 3.13. The first-order valence-electron chi connectivity index (χ1n) is 15.0. The fraction of sp³-hybridized carbons (Fsp3) is 0. The zero-order chi connectivity index (χ0) is 34.3. The number of hydrogen-bond donors (Lipinski definition) is 1. The van der Waals surface area contributed by atoms with Crippen molar-refractivity contribution >= 4 is 88.2 Å². The summed E-state index contributed by atoms with van der Waals surface area (Å²) in [4.78, 5) is 5.00. The number of halogens is 5. The predicted molar refractivity (Wildman–Crippen MR) is 208 cm³/mol. The Morgan fingerprint density at radius 1 is 0.449 bits per heavy atom. The van der Waals surface area contributed by atoms with E-state index in [0.717, 1.165) is 54.1 Å². The molecule has 0 unspecified atom stereocenters. The summed E-state index contributed by atoms with van der Waals surface area (Å²) in [6.45, 7) is 0. The number of hydrogen-bond acceptors (Lipinski definition) is 1. The standard InChI is InChI=1S/C41H27Cl4N2.ClH.Pd/c42-32-18-10-27(11-19-32)26-37(28-12-20-33(43)21-13-28)40(30-16-24-35(45)25-17-30)39(29-14-22-34(44)23-15-29)36-8-4-5-9-38(36)47-41(46)31-6-2-1-3-7-31;;/h1-25H,(H2,46,47);1H;/q;;+1/p-1/b37-26?,40-39-;;. The van der Waals surface area contributed by atoms with Gasteiger partial charge < -0.3 is 0 Å². The van der Waals surface area contributed by atoms with E-state index in [1.165, 1.54) is 0 Å². The number of benzene rings is 6. The molecule has 0 aliphatic rings. The number of rotatable bonds is 9. The maximum absolute atomic E-state index is 6.99. The second-order valence-corrected chi connectivity index (χ2v) is 14.4. The van der Waals surface area contributed by atoms with Crippen molar-refractivity contribution in [1.82, 2.24) is 0 Å². The van der Waals surface area contributed by atoms with Crippen LogP contribution in [0.3, 0.4) is 0 Å². The molecule has 0 saturated heterocycles. The number of para-hydroxylation sites is 1. The summed E-state index contributed by atoms with van der Waals surface area (Å²) in [5.41, 5.74) is 15.4. The van der Waals surface area contributed by atoms with Crippen molar-refractivity contribution < 1.29 is 17.0 Å². The van der Waals surface area contributed by atoms with Gasteiger partial charge in [0.25, 0.3) is 0 Å². The molecule has 0 aliphatic carbocycles. The molecular formula is C41H27Cl5N2Pd. The number of nitrogens with zero attached hydrogens (tertiary/aromatic N) is 1. The first-order chi connectivity index (χ1) is 23.8. The summed E-state index contributed by atoms with van der Waals surface area (Å²) in [7, 11) is 6.99. The SMILES string of the molecule is N/C(=N\c1ccccc1/C(=C(\C(=[C](/[Pd][Cl])c1ccc(Cl)cc1)c1ccc(Cl)cc1)c1ccc(Cl)cc1)c1ccc(Cl)cc1)c1ccccc1. The molecule has 0 spiro atoms. The Hall–Kier alpha value is -3.62. The van der Waals surface area contributed by atoms with Crippen LogP contribution in [0.1, 0.15) is 33.4 Å². The molecule has 0 heterocycles. The fourth-order valence-corrected chi connectivity index (χ4v) is 7.70. The number of allylic oxidation sites excluding steroid dienone is 2. The van der Waals surface area contributed by atoms with Crippen LogP contribution in [-0.2, 0) is 17.0 Å². The fourth-order valence-electron chi connectivity index (χ4n) is 5.44. The van der Waals surface area contributed by atoms with E-state index in [9.17, 15) is 0 Å². The van der Waals surface area contributed by atoms with Gasteiger partial charge in [0.05, 0.1) is 0 Å². The summed E-state index contributed by atoms with van der Waals surface area (Å²) in [5, 5.41) is 2.49. The van der Waals surface area contributed by atoms with Crippen LogP contribution in [0.4, 0.5) is 5.69 Å². The first kappa shape index (κ1) is 35.2. The van der Waals surface area contributed by atoms with Crippen molar-refractivity contribution in [2.24, 2.45) is 10.7 Å². The van der Waals surface area contributed by atoms with Crippen molar-refractivity contribution in [2.45, 2.75) is 0 Å². The molecule has 0 amide bonds. The van der Waals surface area contributed by atoms with Crippen LogP contribution in [-0.4, -0.2) is 5.84 Å². The molecule has 6 rings (SSSR count). The number of aliphatic imine (C=N–C) groups is 1. The summed E-state index contributed by atoms with van der Waals surface area (Å²) < 4.78 is 0.941. The molecule has 0 aromatic heterocycles. The molecule has 8 heteroatoms. The Labute approximate surface area is 318 Å². The van der Waals surface area contributed by atoms with Crippen LogP contribution in [0.5, 0.6) is 0 Å². The van der Waals surface area contributed by atoms with E-state index in [-0.39, 0.29) is 17.0 Å². The van der Waals surface area contributed by atoms with Gasteiger partial charge in [-0.1, -0.05) is 0 Å². The molecule has 49 heavy (non-hydrogen) atoms. The Morgan fingerprint density at radius 3 is 1.39 bits per heavy atom. The zero-order valence-electron chi connectivity index (χ0n) is 25.7. The van der Waals surface area contributed by atoms with E-state index in [1.807, 2.05) is 146 Å². The van der Waals surface area contributed by atoms with Gasteiger partial charge in [0.15, 0.2) is 0 Å². The maximum atomic E-state index is 6.99. The van der Waals surface area contributed by atoms with Crippen LogP contribution in [0.15, 0.2) is 157 Å². The summed E-state index contributed by atoms with van der Waals surface area (Å²) in [6, 6.07) is 48.9. The normalized spacial score (nSPS) is 12.8. The van der Waals surface area contributed by atoms with Crippen molar-refractivity contribution in [1.29, 1.82) is 0 Å². The van der Waals surface area contributed by atoms with E-state index in [0.29, 0.717) is 31.6 Å². The average molecular weight is 831 g/mol. The molecule has 0 fully saturated rings. The Balaban J connectivity index is 1.80. The van der Waals surface area contributed by atoms with Gasteiger partial charge in [-0.15, -0.1) is 0 Å². The van der Waals surface area contributed by atoms with Gasteiger partial charge in [-0.05, 0) is 0 Å². The number of nitrogens with two attached hydrogens (primary N) is 1. The van der Waals surface area contributed by atoms with Gasteiger partial charge in [-0.25, -0.2) is 0 Å². The van der Waals surface area contributed by atoms with E-state index < -0.39 is 0 Å². The molecule has 0 atom stereocenters. The van der Waals surface area contributed by atoms with Gasteiger partial charge in [-0.2, -0.15) is 0 Å². The Morgan fingerprint density at radius 2 is 0.878 bits per heavy atom. The van der Waals surface area contributed by atoms with Gasteiger partial charge in [0, 0.05) is 0 Å². The third kappa shape index (κ3) is 8.41. The predicted octanol–water partition coefficient (Wildman–Crippen LogP) is 13.1. The topological polar surface area (TPSA) is 38.4 Å². The monoisotopic (exact) mass is 828 g/mol. The quantitative estimate of drug-likeness (QED) is 0.0509. The third-order valence-corrected chi connectivity index (χ3v) is 10.6. The minimum atomic E-state index is -0.359. The van der Waals surface area contributed by atoms with Crippen LogP contribution >= 0.6 is 55.9 Å². The van der Waals surface area contributed by atoms with Crippen molar-refractivity contribution in [2.75, 3.05) is 0 Å². The summed E-state index contributed by atoms with van der Waals surface area (Å²) >= 11 is 25.4. The van der Waals surface area contributed by atoms with Crippen molar-refractivity contribution in [3.8, 4) is 0 Å². The molecule has 6 aromatic rings. The van der Waals surface area contributed by atoms with Gasteiger partial charge in [0.1, 0.15) is 0 Å². The van der Waals surface area contributed by atoms with Crippen LogP contribution in [0.2, 0.25) is 20.1 Å². The second kappa shape index (κ2) is 16.4. The minimum absolute atomic E-state index is 0.359. The van der Waals surface area contributed by atoms with Crippen molar-refractivity contribution in [3.63, 3.8) is 0 Å². The third-order valence-electron chi connectivity index (χ3n) is 7.73. The van der Waals surface area contributed by atoms with Gasteiger partial charge >= 0.3 is 321 Å². The summed E-state index contributed by atoms with van der Waals surface area (Å²) in [5.74, 6) is 0.398. The molecule has 0 radical (unpaired) electrons. The van der Waals surface area contributed by atoms with Crippen molar-refractivity contribution in [3.05, 3.63) is 205 Å². The second-order valence-electron chi connectivity index (χ2n) is 10.9. The first-order valence-corrected chi connectivity index (χ1v) is 19.3. The molecule has 0 saturated carbocycles. The van der Waals surface area contributed by atoms with E-state index in [4.69, 9.17) is 66.7 Å². The zero-order valence-corrected chi connectivity index (χ0v) is 31.0. The molecule has 0 aliphatic heterocycles. The van der Waals surface area contributed by atoms with Crippen LogP contribution in [0.25, 0.3) is 20.8 Å². The Bertz CT molecular complexity index is 2160. The Kier molecular flexibility index (Phi) is 11.8. The molecule has 246 valence electrons. The molecule has 0 bridgehead atoms. The van der Waals surface area contributed by atoms with Gasteiger partial charge in [0.2, 0.25) is 0 Å². The number of amidine groups is 1. The van der Waals surface area contributed by atoms with Crippen LogP contribution < -0.4 is 5.73 Å². The molecular weight excluding hydrogens is 804 g/mol.